The number of thioether (sulfide) groups is 1. The van der Waals surface area contributed by atoms with Crippen molar-refractivity contribution in [1.82, 2.24) is 24.2 Å². The van der Waals surface area contributed by atoms with Crippen molar-refractivity contribution in [2.45, 2.75) is 37.4 Å². The third kappa shape index (κ3) is 3.41. The Bertz CT molecular complexity index is 1170. The number of amides is 1. The molecular formula is C21H22ClN5O2S. The van der Waals surface area contributed by atoms with Crippen molar-refractivity contribution in [3.63, 3.8) is 0 Å². The number of likely N-dealkylation sites (tertiary alicyclic amines) is 1. The molecule has 30 heavy (non-hydrogen) atoms. The van der Waals surface area contributed by atoms with Crippen molar-refractivity contribution in [2.24, 2.45) is 5.92 Å². The van der Waals surface area contributed by atoms with Gasteiger partial charge in [-0.25, -0.2) is 9.67 Å². The number of nitrogens with zero attached hydrogens (tertiary/aromatic N) is 5. The summed E-state index contributed by atoms with van der Waals surface area (Å²) in [6.07, 6.45) is 4.12. The number of hydrogen-bond acceptors (Lipinski definition) is 5. The Hall–Kier alpha value is -2.32. The lowest BCUT2D eigenvalue weighted by atomic mass is 10.00. The molecule has 0 N–H and O–H groups in total. The predicted molar refractivity (Wildman–Crippen MR) is 117 cm³/mol. The molecule has 1 fully saturated rings. The van der Waals surface area contributed by atoms with Crippen LogP contribution in [0.15, 0.2) is 40.4 Å². The Kier molecular flexibility index (Phi) is 5.06. The van der Waals surface area contributed by atoms with Gasteiger partial charge in [-0.3, -0.25) is 14.2 Å². The van der Waals surface area contributed by atoms with E-state index in [0.29, 0.717) is 39.3 Å². The van der Waals surface area contributed by atoms with Crippen LogP contribution >= 0.6 is 23.4 Å². The number of carbonyl (C=O) groups is 1. The van der Waals surface area contributed by atoms with E-state index >= 15 is 0 Å². The third-order valence-electron chi connectivity index (χ3n) is 5.86. The van der Waals surface area contributed by atoms with E-state index in [1.807, 2.05) is 17.0 Å². The van der Waals surface area contributed by atoms with Crippen molar-refractivity contribution < 1.29 is 4.79 Å². The Balaban J connectivity index is 1.46. The molecule has 0 aliphatic carbocycles. The standard InChI is InChI=1S/C21H22ClN5O2S/c1-13-3-2-8-25(11-13)18(28)9-16-12-30-21-24-19-17(20(29)26(16)21)10-23-27(19)15-6-4-14(22)5-7-15/h4-7,10,13,16H,2-3,8-9,11-12H2,1H3. The van der Waals surface area contributed by atoms with Crippen LogP contribution in [0.25, 0.3) is 16.7 Å². The van der Waals surface area contributed by atoms with Gasteiger partial charge < -0.3 is 4.90 Å². The number of fused-ring (bicyclic) bond motifs is 2. The average Bonchev–Trinajstić information content (AvgIpc) is 3.34. The van der Waals surface area contributed by atoms with Gasteiger partial charge in [-0.1, -0.05) is 30.3 Å². The van der Waals surface area contributed by atoms with E-state index in [1.165, 1.54) is 18.2 Å². The minimum Gasteiger partial charge on any atom is -0.342 e. The summed E-state index contributed by atoms with van der Waals surface area (Å²) in [6, 6.07) is 7.08. The maximum Gasteiger partial charge on any atom is 0.265 e. The summed E-state index contributed by atoms with van der Waals surface area (Å²) >= 11 is 7.50. The molecule has 2 atom stereocenters. The van der Waals surface area contributed by atoms with Crippen LogP contribution < -0.4 is 5.56 Å². The van der Waals surface area contributed by atoms with E-state index in [-0.39, 0.29) is 17.5 Å². The summed E-state index contributed by atoms with van der Waals surface area (Å²) in [4.78, 5) is 32.8. The monoisotopic (exact) mass is 443 g/mol. The van der Waals surface area contributed by atoms with Gasteiger partial charge >= 0.3 is 0 Å². The summed E-state index contributed by atoms with van der Waals surface area (Å²) in [5, 5.41) is 6.12. The fourth-order valence-corrected chi connectivity index (χ4v) is 5.56. The molecule has 2 aliphatic heterocycles. The zero-order valence-electron chi connectivity index (χ0n) is 16.6. The van der Waals surface area contributed by atoms with E-state index in [1.54, 1.807) is 27.6 Å². The van der Waals surface area contributed by atoms with Crippen molar-refractivity contribution in [2.75, 3.05) is 18.8 Å². The van der Waals surface area contributed by atoms with Crippen molar-refractivity contribution in [1.29, 1.82) is 0 Å². The van der Waals surface area contributed by atoms with E-state index in [9.17, 15) is 9.59 Å². The largest absolute Gasteiger partial charge is 0.342 e. The molecule has 0 spiro atoms. The second-order valence-electron chi connectivity index (χ2n) is 8.10. The molecule has 1 amide bonds. The highest BCUT2D eigenvalue weighted by Gasteiger charge is 2.31. The molecule has 3 aromatic rings. The number of benzene rings is 1. The van der Waals surface area contributed by atoms with E-state index in [0.717, 1.165) is 25.2 Å². The average molecular weight is 444 g/mol. The van der Waals surface area contributed by atoms with E-state index < -0.39 is 0 Å². The number of hydrogen-bond donors (Lipinski definition) is 0. The third-order valence-corrected chi connectivity index (χ3v) is 7.21. The Morgan fingerprint density at radius 3 is 2.87 bits per heavy atom. The van der Waals surface area contributed by atoms with Crippen LogP contribution in [0, 0.1) is 5.92 Å². The first-order valence-electron chi connectivity index (χ1n) is 10.2. The summed E-state index contributed by atoms with van der Waals surface area (Å²) in [5.41, 5.74) is 1.18. The molecule has 7 nitrogen and oxygen atoms in total. The highest BCUT2D eigenvalue weighted by atomic mass is 35.5. The van der Waals surface area contributed by atoms with Gasteiger partial charge in [0, 0.05) is 30.3 Å². The lowest BCUT2D eigenvalue weighted by Gasteiger charge is -2.31. The zero-order chi connectivity index (χ0) is 20.8. The molecule has 0 radical (unpaired) electrons. The topological polar surface area (TPSA) is 73.0 Å². The van der Waals surface area contributed by atoms with Crippen LogP contribution in [0.5, 0.6) is 0 Å². The lowest BCUT2D eigenvalue weighted by Crippen LogP contribution is -2.40. The first-order valence-corrected chi connectivity index (χ1v) is 11.5. The van der Waals surface area contributed by atoms with Gasteiger partial charge in [0.2, 0.25) is 5.91 Å². The fraction of sp³-hybridized carbons (Fsp3) is 0.429. The lowest BCUT2D eigenvalue weighted by molar-refractivity contribution is -0.133. The first-order chi connectivity index (χ1) is 14.5. The quantitative estimate of drug-likeness (QED) is 0.579. The number of halogens is 1. The second kappa shape index (κ2) is 7.74. The highest BCUT2D eigenvalue weighted by molar-refractivity contribution is 7.99. The molecule has 9 heteroatoms. The van der Waals surface area contributed by atoms with Crippen molar-refractivity contribution >= 4 is 40.3 Å². The first kappa shape index (κ1) is 19.6. The number of carbonyl (C=O) groups excluding carboxylic acids is 1. The summed E-state index contributed by atoms with van der Waals surface area (Å²) < 4.78 is 3.34. The SMILES string of the molecule is CC1CCCN(C(=O)CC2CSc3nc4c(cnn4-c4ccc(Cl)cc4)c(=O)n32)C1. The van der Waals surface area contributed by atoms with Crippen LogP contribution in [-0.4, -0.2) is 49.0 Å². The zero-order valence-corrected chi connectivity index (χ0v) is 18.2. The normalized spacial score (nSPS) is 21.2. The fourth-order valence-electron chi connectivity index (χ4n) is 4.30. The van der Waals surface area contributed by atoms with Crippen LogP contribution in [0.1, 0.15) is 32.2 Å². The van der Waals surface area contributed by atoms with Gasteiger partial charge in [-0.05, 0) is 43.0 Å². The molecule has 0 saturated carbocycles. The highest BCUT2D eigenvalue weighted by Crippen LogP contribution is 2.34. The van der Waals surface area contributed by atoms with Gasteiger partial charge in [0.25, 0.3) is 5.56 Å². The van der Waals surface area contributed by atoms with Gasteiger partial charge in [0.15, 0.2) is 10.8 Å². The minimum atomic E-state index is -0.169. The summed E-state index contributed by atoms with van der Waals surface area (Å²) in [7, 11) is 0. The molecular weight excluding hydrogens is 422 g/mol. The van der Waals surface area contributed by atoms with Gasteiger partial charge in [-0.2, -0.15) is 5.10 Å². The van der Waals surface area contributed by atoms with Gasteiger partial charge in [0.05, 0.1) is 17.9 Å². The summed E-state index contributed by atoms with van der Waals surface area (Å²) in [5.74, 6) is 1.35. The molecule has 2 aromatic heterocycles. The smallest absolute Gasteiger partial charge is 0.265 e. The number of piperidine rings is 1. The molecule has 2 aliphatic rings. The maximum atomic E-state index is 13.2. The van der Waals surface area contributed by atoms with Crippen LogP contribution in [0.4, 0.5) is 0 Å². The number of aromatic nitrogens is 4. The molecule has 5 rings (SSSR count). The molecule has 156 valence electrons. The Labute approximate surface area is 183 Å². The Morgan fingerprint density at radius 1 is 1.30 bits per heavy atom. The van der Waals surface area contributed by atoms with Crippen LogP contribution in [-0.2, 0) is 4.79 Å². The van der Waals surface area contributed by atoms with Gasteiger partial charge in [-0.15, -0.1) is 0 Å². The van der Waals surface area contributed by atoms with E-state index in [4.69, 9.17) is 16.6 Å². The molecule has 4 heterocycles. The molecule has 2 unspecified atom stereocenters. The predicted octanol–water partition coefficient (Wildman–Crippen LogP) is 3.53. The molecule has 0 bridgehead atoms. The molecule has 1 saturated heterocycles. The molecule has 1 aromatic carbocycles. The van der Waals surface area contributed by atoms with E-state index in [2.05, 4.69) is 12.0 Å². The number of rotatable bonds is 3. The van der Waals surface area contributed by atoms with Crippen molar-refractivity contribution in [3.8, 4) is 5.69 Å². The summed E-state index contributed by atoms with van der Waals surface area (Å²) in [6.45, 7) is 3.81. The minimum absolute atomic E-state index is 0.129. The maximum absolute atomic E-state index is 13.2. The van der Waals surface area contributed by atoms with Gasteiger partial charge in [0.1, 0.15) is 5.39 Å². The van der Waals surface area contributed by atoms with Crippen molar-refractivity contribution in [3.05, 3.63) is 45.8 Å². The van der Waals surface area contributed by atoms with Crippen LogP contribution in [0.3, 0.4) is 0 Å². The van der Waals surface area contributed by atoms with Crippen LogP contribution in [0.2, 0.25) is 5.02 Å². The Morgan fingerprint density at radius 2 is 2.10 bits per heavy atom. The second-order valence-corrected chi connectivity index (χ2v) is 9.52.